The molecular weight excluding hydrogens is 374 g/mol. The number of rotatable bonds is 7. The van der Waals surface area contributed by atoms with Gasteiger partial charge in [-0.25, -0.2) is 0 Å². The number of amides is 1. The summed E-state index contributed by atoms with van der Waals surface area (Å²) in [4.78, 5) is 17.1. The van der Waals surface area contributed by atoms with E-state index in [0.29, 0.717) is 13.1 Å². The van der Waals surface area contributed by atoms with Crippen molar-refractivity contribution in [2.45, 2.75) is 13.1 Å². The summed E-state index contributed by atoms with van der Waals surface area (Å²) in [6.45, 7) is 5.76. The van der Waals surface area contributed by atoms with Crippen molar-refractivity contribution in [2.24, 2.45) is 0 Å². The van der Waals surface area contributed by atoms with Gasteiger partial charge in [0.25, 0.3) is 0 Å². The first-order chi connectivity index (χ1) is 14.7. The predicted octanol–water partition coefficient (Wildman–Crippen LogP) is 3.28. The Morgan fingerprint density at radius 1 is 0.900 bits per heavy atom. The third kappa shape index (κ3) is 5.17. The molecule has 4 rings (SSSR count). The van der Waals surface area contributed by atoms with E-state index in [2.05, 4.69) is 57.6 Å². The molecular formula is C25H29N3O2. The second-order valence-electron chi connectivity index (χ2n) is 7.82. The average molecular weight is 404 g/mol. The lowest BCUT2D eigenvalue weighted by Gasteiger charge is -2.34. The first-order valence-electron chi connectivity index (χ1n) is 10.5. The minimum Gasteiger partial charge on any atom is -0.497 e. The van der Waals surface area contributed by atoms with E-state index in [-0.39, 0.29) is 5.91 Å². The molecule has 1 fully saturated rings. The average Bonchev–Trinajstić information content (AvgIpc) is 2.79. The fraction of sp³-hybridized carbons (Fsp3) is 0.320. The molecule has 1 saturated heterocycles. The number of hydrogen-bond acceptors (Lipinski definition) is 4. The van der Waals surface area contributed by atoms with Crippen LogP contribution >= 0.6 is 0 Å². The summed E-state index contributed by atoms with van der Waals surface area (Å²) in [6.07, 6.45) is 0. The highest BCUT2D eigenvalue weighted by atomic mass is 16.5. The molecule has 3 aromatic carbocycles. The van der Waals surface area contributed by atoms with E-state index < -0.39 is 0 Å². The Morgan fingerprint density at radius 2 is 1.60 bits per heavy atom. The van der Waals surface area contributed by atoms with E-state index in [4.69, 9.17) is 4.74 Å². The summed E-state index contributed by atoms with van der Waals surface area (Å²) in [6, 6.07) is 22.9. The molecule has 0 aromatic heterocycles. The SMILES string of the molecule is COc1ccc(CNC(=O)CN2CCN(Cc3cccc4ccccc34)CC2)cc1. The molecule has 156 valence electrons. The van der Waals surface area contributed by atoms with Crippen molar-refractivity contribution in [2.75, 3.05) is 39.8 Å². The molecule has 1 amide bonds. The zero-order valence-corrected chi connectivity index (χ0v) is 17.5. The van der Waals surface area contributed by atoms with Gasteiger partial charge >= 0.3 is 0 Å². The summed E-state index contributed by atoms with van der Waals surface area (Å²) in [5.41, 5.74) is 2.45. The highest BCUT2D eigenvalue weighted by Gasteiger charge is 2.19. The standard InChI is InChI=1S/C25H29N3O2/c1-30-23-11-9-20(10-12-23)17-26-25(29)19-28-15-13-27(14-16-28)18-22-7-4-6-21-5-2-3-8-24(21)22/h2-12H,13-19H2,1H3,(H,26,29). The van der Waals surface area contributed by atoms with Crippen LogP contribution in [0.25, 0.3) is 10.8 Å². The Labute approximate surface area is 178 Å². The lowest BCUT2D eigenvalue weighted by molar-refractivity contribution is -0.122. The number of nitrogens with one attached hydrogen (secondary N) is 1. The highest BCUT2D eigenvalue weighted by Crippen LogP contribution is 2.20. The van der Waals surface area contributed by atoms with Crippen molar-refractivity contribution in [3.05, 3.63) is 77.9 Å². The number of methoxy groups -OCH3 is 1. The van der Waals surface area contributed by atoms with Crippen LogP contribution in [0.3, 0.4) is 0 Å². The molecule has 1 aliphatic heterocycles. The minimum atomic E-state index is 0.0771. The molecule has 1 N–H and O–H groups in total. The molecule has 1 heterocycles. The Hall–Kier alpha value is -2.89. The number of benzene rings is 3. The number of carbonyl (C=O) groups is 1. The van der Waals surface area contributed by atoms with Crippen molar-refractivity contribution in [1.82, 2.24) is 15.1 Å². The van der Waals surface area contributed by atoms with Crippen LogP contribution in [0.2, 0.25) is 0 Å². The molecule has 0 bridgehead atoms. The monoisotopic (exact) mass is 403 g/mol. The topological polar surface area (TPSA) is 44.8 Å². The van der Waals surface area contributed by atoms with Gasteiger partial charge in [-0.1, -0.05) is 54.6 Å². The first-order valence-corrected chi connectivity index (χ1v) is 10.5. The summed E-state index contributed by atoms with van der Waals surface area (Å²) in [5, 5.41) is 5.65. The van der Waals surface area contributed by atoms with Crippen LogP contribution in [0.1, 0.15) is 11.1 Å². The zero-order chi connectivity index (χ0) is 20.8. The van der Waals surface area contributed by atoms with Crippen molar-refractivity contribution >= 4 is 16.7 Å². The Bertz CT molecular complexity index is 974. The van der Waals surface area contributed by atoms with Gasteiger partial charge in [-0.2, -0.15) is 0 Å². The van der Waals surface area contributed by atoms with Crippen LogP contribution in [0, 0.1) is 0 Å². The number of ether oxygens (including phenoxy) is 1. The quantitative estimate of drug-likeness (QED) is 0.658. The maximum atomic E-state index is 12.3. The third-order valence-corrected chi connectivity index (χ3v) is 5.75. The van der Waals surface area contributed by atoms with Crippen molar-refractivity contribution in [3.63, 3.8) is 0 Å². The van der Waals surface area contributed by atoms with E-state index in [1.54, 1.807) is 7.11 Å². The van der Waals surface area contributed by atoms with E-state index in [0.717, 1.165) is 44.0 Å². The highest BCUT2D eigenvalue weighted by molar-refractivity contribution is 5.85. The van der Waals surface area contributed by atoms with Gasteiger partial charge in [0.1, 0.15) is 5.75 Å². The summed E-state index contributed by atoms with van der Waals surface area (Å²) in [5.74, 6) is 0.903. The molecule has 5 heteroatoms. The molecule has 1 aliphatic rings. The Balaban J connectivity index is 1.22. The smallest absolute Gasteiger partial charge is 0.234 e. The van der Waals surface area contributed by atoms with Crippen LogP contribution in [0.5, 0.6) is 5.75 Å². The zero-order valence-electron chi connectivity index (χ0n) is 17.5. The van der Waals surface area contributed by atoms with Crippen LogP contribution in [-0.2, 0) is 17.9 Å². The lowest BCUT2D eigenvalue weighted by atomic mass is 10.0. The molecule has 0 radical (unpaired) electrons. The maximum absolute atomic E-state index is 12.3. The summed E-state index contributed by atoms with van der Waals surface area (Å²) in [7, 11) is 1.65. The molecule has 0 unspecified atom stereocenters. The number of hydrogen-bond donors (Lipinski definition) is 1. The number of piperazine rings is 1. The second kappa shape index (κ2) is 9.74. The van der Waals surface area contributed by atoms with Crippen molar-refractivity contribution < 1.29 is 9.53 Å². The molecule has 0 aliphatic carbocycles. The van der Waals surface area contributed by atoms with Gasteiger partial charge in [-0.15, -0.1) is 0 Å². The Kier molecular flexibility index (Phi) is 6.62. The lowest BCUT2D eigenvalue weighted by Crippen LogP contribution is -2.49. The van der Waals surface area contributed by atoms with E-state index >= 15 is 0 Å². The summed E-state index contributed by atoms with van der Waals surface area (Å²) >= 11 is 0. The van der Waals surface area contributed by atoms with E-state index in [1.807, 2.05) is 24.3 Å². The van der Waals surface area contributed by atoms with Crippen LogP contribution in [-0.4, -0.2) is 55.5 Å². The van der Waals surface area contributed by atoms with E-state index in [1.165, 1.54) is 16.3 Å². The number of fused-ring (bicyclic) bond motifs is 1. The fourth-order valence-electron chi connectivity index (χ4n) is 3.98. The number of nitrogens with zero attached hydrogens (tertiary/aromatic N) is 2. The molecule has 0 spiro atoms. The normalized spacial score (nSPS) is 15.2. The predicted molar refractivity (Wildman–Crippen MR) is 121 cm³/mol. The van der Waals surface area contributed by atoms with Gasteiger partial charge in [0, 0.05) is 39.3 Å². The van der Waals surface area contributed by atoms with Gasteiger partial charge in [-0.3, -0.25) is 14.6 Å². The van der Waals surface area contributed by atoms with Gasteiger partial charge in [0.2, 0.25) is 5.91 Å². The minimum absolute atomic E-state index is 0.0771. The van der Waals surface area contributed by atoms with Gasteiger partial charge in [-0.05, 0) is 34.0 Å². The second-order valence-corrected chi connectivity index (χ2v) is 7.82. The van der Waals surface area contributed by atoms with Gasteiger partial charge in [0.05, 0.1) is 13.7 Å². The van der Waals surface area contributed by atoms with Crippen LogP contribution in [0.4, 0.5) is 0 Å². The van der Waals surface area contributed by atoms with Crippen LogP contribution < -0.4 is 10.1 Å². The molecule has 0 saturated carbocycles. The van der Waals surface area contributed by atoms with Crippen LogP contribution in [0.15, 0.2) is 66.7 Å². The third-order valence-electron chi connectivity index (χ3n) is 5.75. The number of carbonyl (C=O) groups excluding carboxylic acids is 1. The molecule has 30 heavy (non-hydrogen) atoms. The molecule has 0 atom stereocenters. The maximum Gasteiger partial charge on any atom is 0.234 e. The Morgan fingerprint density at radius 3 is 2.37 bits per heavy atom. The summed E-state index contributed by atoms with van der Waals surface area (Å²) < 4.78 is 5.16. The first kappa shape index (κ1) is 20.4. The van der Waals surface area contributed by atoms with Gasteiger partial charge < -0.3 is 10.1 Å². The van der Waals surface area contributed by atoms with Crippen molar-refractivity contribution in [3.8, 4) is 5.75 Å². The fourth-order valence-corrected chi connectivity index (χ4v) is 3.98. The largest absolute Gasteiger partial charge is 0.497 e. The van der Waals surface area contributed by atoms with Gasteiger partial charge in [0.15, 0.2) is 0 Å². The van der Waals surface area contributed by atoms with Crippen molar-refractivity contribution in [1.29, 1.82) is 0 Å². The van der Waals surface area contributed by atoms with E-state index in [9.17, 15) is 4.79 Å². The molecule has 5 nitrogen and oxygen atoms in total. The molecule has 3 aromatic rings.